The molecule has 2 rings (SSSR count). The molecule has 1 atom stereocenters. The summed E-state index contributed by atoms with van der Waals surface area (Å²) in [5.74, 6) is 1.21. The van der Waals surface area contributed by atoms with E-state index < -0.39 is 6.10 Å². The normalized spacial score (nSPS) is 11.9. The number of aliphatic hydroxyl groups excluding tert-OH is 1. The fraction of sp³-hybridized carbons (Fsp3) is 0.435. The number of β-amino-alcohol motifs (C(OH)–C–C–N with tert-alkyl or cyclic N) is 1. The highest BCUT2D eigenvalue weighted by atomic mass is 35.5. The number of methoxy groups -OCH3 is 2. The van der Waals surface area contributed by atoms with Crippen molar-refractivity contribution in [2.75, 3.05) is 27.4 Å². The van der Waals surface area contributed by atoms with Crippen molar-refractivity contribution in [3.8, 4) is 11.5 Å². The molecule has 6 nitrogen and oxygen atoms in total. The van der Waals surface area contributed by atoms with Gasteiger partial charge in [0, 0.05) is 12.1 Å². The summed E-state index contributed by atoms with van der Waals surface area (Å²) in [6, 6.07) is 15.2. The van der Waals surface area contributed by atoms with Gasteiger partial charge in [0.15, 0.2) is 0 Å². The number of hydrogen-bond acceptors (Lipinski definition) is 6. The number of esters is 1. The van der Waals surface area contributed by atoms with E-state index >= 15 is 0 Å². The Labute approximate surface area is 185 Å². The van der Waals surface area contributed by atoms with Crippen molar-refractivity contribution in [1.82, 2.24) is 5.32 Å². The number of aliphatic hydroxyl groups is 1. The third-order valence-corrected chi connectivity index (χ3v) is 4.56. The van der Waals surface area contributed by atoms with Crippen molar-refractivity contribution >= 4 is 18.4 Å². The molecule has 7 heteroatoms. The van der Waals surface area contributed by atoms with Crippen molar-refractivity contribution in [1.29, 1.82) is 0 Å². The molecule has 0 unspecified atom stereocenters. The number of carbonyl (C=O) groups is 1. The number of hydrogen-bond donors (Lipinski definition) is 2. The molecule has 166 valence electrons. The Balaban J connectivity index is 0.00000450. The Kier molecular flexibility index (Phi) is 10.7. The summed E-state index contributed by atoms with van der Waals surface area (Å²) < 4.78 is 15.5. The summed E-state index contributed by atoms with van der Waals surface area (Å²) in [5.41, 5.74) is 1.87. The highest BCUT2D eigenvalue weighted by Crippen LogP contribution is 2.17. The lowest BCUT2D eigenvalue weighted by atomic mass is 9.94. The first kappa shape index (κ1) is 25.8. The zero-order chi connectivity index (χ0) is 21.3. The van der Waals surface area contributed by atoms with E-state index in [1.165, 1.54) is 12.7 Å². The molecule has 0 bridgehead atoms. The maximum absolute atomic E-state index is 11.3. The molecule has 2 aromatic rings. The highest BCUT2D eigenvalue weighted by molar-refractivity contribution is 5.85. The van der Waals surface area contributed by atoms with Gasteiger partial charge >= 0.3 is 5.97 Å². The first-order valence-corrected chi connectivity index (χ1v) is 9.66. The van der Waals surface area contributed by atoms with Gasteiger partial charge < -0.3 is 24.6 Å². The average molecular weight is 438 g/mol. The van der Waals surface area contributed by atoms with Crippen LogP contribution in [0.2, 0.25) is 0 Å². The highest BCUT2D eigenvalue weighted by Gasteiger charge is 2.19. The smallest absolute Gasteiger partial charge is 0.309 e. The van der Waals surface area contributed by atoms with E-state index in [4.69, 9.17) is 9.47 Å². The Morgan fingerprint density at radius 1 is 1.00 bits per heavy atom. The van der Waals surface area contributed by atoms with Gasteiger partial charge in [-0.05, 0) is 55.7 Å². The van der Waals surface area contributed by atoms with E-state index in [1.807, 2.05) is 36.4 Å². The van der Waals surface area contributed by atoms with E-state index in [0.717, 1.165) is 17.7 Å². The molecule has 0 spiro atoms. The van der Waals surface area contributed by atoms with E-state index in [0.29, 0.717) is 12.3 Å². The minimum absolute atomic E-state index is 0. The number of ether oxygens (including phenoxy) is 3. The second-order valence-electron chi connectivity index (χ2n) is 7.65. The van der Waals surface area contributed by atoms with E-state index in [-0.39, 0.29) is 36.9 Å². The lowest BCUT2D eigenvalue weighted by Gasteiger charge is -2.28. The van der Waals surface area contributed by atoms with Crippen LogP contribution in [-0.2, 0) is 22.4 Å². The van der Waals surface area contributed by atoms with Gasteiger partial charge in [-0.3, -0.25) is 4.79 Å². The van der Waals surface area contributed by atoms with Gasteiger partial charge in [-0.1, -0.05) is 24.3 Å². The van der Waals surface area contributed by atoms with Crippen LogP contribution in [0, 0.1) is 0 Å². The van der Waals surface area contributed by atoms with E-state index in [1.54, 1.807) is 19.2 Å². The standard InChI is InChI=1S/C23H31NO5.ClH/c1-23(2,14-18-7-9-20(27-3)10-8-18)24-15-19(25)16-29-21-11-5-17(6-12-21)13-22(26)28-4;/h5-12,19,24-25H,13-16H2,1-4H3;1H/t19-;/m1./s1. The van der Waals surface area contributed by atoms with Crippen LogP contribution in [0.15, 0.2) is 48.5 Å². The minimum atomic E-state index is -0.639. The predicted molar refractivity (Wildman–Crippen MR) is 120 cm³/mol. The van der Waals surface area contributed by atoms with Gasteiger partial charge in [-0.2, -0.15) is 0 Å². The monoisotopic (exact) mass is 437 g/mol. The van der Waals surface area contributed by atoms with Crippen LogP contribution >= 0.6 is 12.4 Å². The largest absolute Gasteiger partial charge is 0.497 e. The molecule has 30 heavy (non-hydrogen) atoms. The van der Waals surface area contributed by atoms with Crippen LogP contribution in [0.4, 0.5) is 0 Å². The van der Waals surface area contributed by atoms with Crippen LogP contribution < -0.4 is 14.8 Å². The lowest BCUT2D eigenvalue weighted by molar-refractivity contribution is -0.139. The van der Waals surface area contributed by atoms with Gasteiger partial charge in [0.05, 0.1) is 20.6 Å². The molecule has 0 aliphatic heterocycles. The molecule has 2 aromatic carbocycles. The molecular weight excluding hydrogens is 406 g/mol. The molecule has 0 aromatic heterocycles. The maximum atomic E-state index is 11.3. The summed E-state index contributed by atoms with van der Waals surface area (Å²) in [6.45, 7) is 4.81. The van der Waals surface area contributed by atoms with Crippen molar-refractivity contribution in [2.24, 2.45) is 0 Å². The maximum Gasteiger partial charge on any atom is 0.309 e. The van der Waals surface area contributed by atoms with Crippen molar-refractivity contribution in [2.45, 2.75) is 38.3 Å². The summed E-state index contributed by atoms with van der Waals surface area (Å²) >= 11 is 0. The summed E-state index contributed by atoms with van der Waals surface area (Å²) in [6.07, 6.45) is 0.415. The molecule has 0 amide bonds. The van der Waals surface area contributed by atoms with E-state index in [2.05, 4.69) is 23.9 Å². The number of carbonyl (C=O) groups excluding carboxylic acids is 1. The number of rotatable bonds is 11. The first-order valence-electron chi connectivity index (χ1n) is 9.66. The Hall–Kier alpha value is -2.28. The molecule has 0 radical (unpaired) electrons. The molecule has 0 saturated carbocycles. The predicted octanol–water partition coefficient (Wildman–Crippen LogP) is 3.18. The topological polar surface area (TPSA) is 77.0 Å². The molecule has 0 aliphatic carbocycles. The average Bonchev–Trinajstić information content (AvgIpc) is 2.72. The third kappa shape index (κ3) is 9.03. The number of halogens is 1. The van der Waals surface area contributed by atoms with Crippen molar-refractivity contribution in [3.63, 3.8) is 0 Å². The zero-order valence-electron chi connectivity index (χ0n) is 18.0. The second kappa shape index (κ2) is 12.4. The summed E-state index contributed by atoms with van der Waals surface area (Å²) in [5, 5.41) is 13.6. The van der Waals surface area contributed by atoms with Crippen LogP contribution in [0.3, 0.4) is 0 Å². The quantitative estimate of drug-likeness (QED) is 0.526. The molecule has 0 aliphatic rings. The van der Waals surface area contributed by atoms with Gasteiger partial charge in [0.2, 0.25) is 0 Å². The number of nitrogens with one attached hydrogen (secondary N) is 1. The fourth-order valence-electron chi connectivity index (χ4n) is 2.90. The van der Waals surface area contributed by atoms with Crippen molar-refractivity contribution in [3.05, 3.63) is 59.7 Å². The second-order valence-corrected chi connectivity index (χ2v) is 7.65. The van der Waals surface area contributed by atoms with Gasteiger partial charge in [-0.15, -0.1) is 12.4 Å². The van der Waals surface area contributed by atoms with Crippen LogP contribution in [-0.4, -0.2) is 50.1 Å². The fourth-order valence-corrected chi connectivity index (χ4v) is 2.90. The van der Waals surface area contributed by atoms with Gasteiger partial charge in [0.1, 0.15) is 24.2 Å². The molecule has 2 N–H and O–H groups in total. The Bertz CT molecular complexity index is 762. The summed E-state index contributed by atoms with van der Waals surface area (Å²) in [7, 11) is 3.02. The first-order chi connectivity index (χ1) is 13.8. The lowest BCUT2D eigenvalue weighted by Crippen LogP contribution is -2.46. The number of benzene rings is 2. The molecular formula is C23H32ClNO5. The van der Waals surface area contributed by atoms with Gasteiger partial charge in [-0.25, -0.2) is 0 Å². The Morgan fingerprint density at radius 3 is 2.13 bits per heavy atom. The SMILES string of the molecule is COC(=O)Cc1ccc(OC[C@H](O)CNC(C)(C)Cc2ccc(OC)cc2)cc1.Cl. The minimum Gasteiger partial charge on any atom is -0.497 e. The van der Waals surface area contributed by atoms with Crippen molar-refractivity contribution < 1.29 is 24.1 Å². The molecule has 0 saturated heterocycles. The summed E-state index contributed by atoms with van der Waals surface area (Å²) in [4.78, 5) is 11.3. The van der Waals surface area contributed by atoms with Gasteiger partial charge in [0.25, 0.3) is 0 Å². The van der Waals surface area contributed by atoms with Crippen LogP contribution in [0.5, 0.6) is 11.5 Å². The Morgan fingerprint density at radius 2 is 1.57 bits per heavy atom. The van der Waals surface area contributed by atoms with E-state index in [9.17, 15) is 9.90 Å². The third-order valence-electron chi connectivity index (χ3n) is 4.56. The van der Waals surface area contributed by atoms with Crippen LogP contribution in [0.25, 0.3) is 0 Å². The molecule has 0 heterocycles. The van der Waals surface area contributed by atoms with Crippen LogP contribution in [0.1, 0.15) is 25.0 Å². The zero-order valence-corrected chi connectivity index (χ0v) is 18.8. The molecule has 0 fully saturated rings.